The lowest BCUT2D eigenvalue weighted by Gasteiger charge is -2.12. The summed E-state index contributed by atoms with van der Waals surface area (Å²) < 4.78 is 0. The Morgan fingerprint density at radius 1 is 1.11 bits per heavy atom. The number of aliphatic hydroxyl groups excluding tert-OH is 1. The minimum absolute atomic E-state index is 0.0379. The van der Waals surface area contributed by atoms with Gasteiger partial charge in [-0.3, -0.25) is 4.79 Å². The van der Waals surface area contributed by atoms with Gasteiger partial charge in [0.1, 0.15) is 5.76 Å². The van der Waals surface area contributed by atoms with Gasteiger partial charge in [0.2, 0.25) is 0 Å². The third-order valence-electron chi connectivity index (χ3n) is 5.00. The molecule has 0 aliphatic carbocycles. The van der Waals surface area contributed by atoms with Gasteiger partial charge in [-0.2, -0.15) is 0 Å². The lowest BCUT2D eigenvalue weighted by Crippen LogP contribution is -2.05. The zero-order valence-electron chi connectivity index (χ0n) is 15.3. The molecule has 6 heteroatoms. The van der Waals surface area contributed by atoms with Gasteiger partial charge in [-0.05, 0) is 55.2 Å². The number of hydrogen-bond acceptors (Lipinski definition) is 5. The van der Waals surface area contributed by atoms with E-state index in [0.717, 1.165) is 32.9 Å². The van der Waals surface area contributed by atoms with Gasteiger partial charge in [-0.25, -0.2) is 4.98 Å². The molecule has 4 N–H and O–H groups in total. The quantitative estimate of drug-likeness (QED) is 0.343. The Morgan fingerprint density at radius 3 is 2.56 bits per heavy atom. The largest absolute Gasteiger partial charge is 0.506 e. The van der Waals surface area contributed by atoms with Gasteiger partial charge in [-0.1, -0.05) is 18.2 Å². The number of thiazole rings is 1. The number of nitrogens with two attached hydrogens (primary N) is 1. The summed E-state index contributed by atoms with van der Waals surface area (Å²) in [7, 11) is 0. The van der Waals surface area contributed by atoms with Crippen LogP contribution in [0.15, 0.2) is 36.5 Å². The second kappa shape index (κ2) is 6.25. The molecular formula is C21H19N3O2S. The molecule has 4 rings (SSSR count). The Morgan fingerprint density at radius 2 is 1.85 bits per heavy atom. The number of nitrogen functional groups attached to an aromatic ring is 1. The summed E-state index contributed by atoms with van der Waals surface area (Å²) in [5.74, 6) is -0.347. The second-order valence-electron chi connectivity index (χ2n) is 6.63. The van der Waals surface area contributed by atoms with Gasteiger partial charge >= 0.3 is 0 Å². The van der Waals surface area contributed by atoms with E-state index in [-0.39, 0.29) is 17.2 Å². The monoisotopic (exact) mass is 377 g/mol. The first-order valence-electron chi connectivity index (χ1n) is 8.54. The second-order valence-corrected chi connectivity index (χ2v) is 7.87. The van der Waals surface area contributed by atoms with Gasteiger partial charge in [-0.15, -0.1) is 11.3 Å². The number of nitrogens with one attached hydrogen (secondary N) is 1. The molecule has 5 nitrogen and oxygen atoms in total. The number of carbonyl (C=O) groups excluding carboxylic acids is 1. The average Bonchev–Trinajstić information content (AvgIpc) is 3.21. The number of carbonyl (C=O) groups is 1. The zero-order chi connectivity index (χ0) is 19.3. The van der Waals surface area contributed by atoms with E-state index in [1.807, 2.05) is 51.1 Å². The number of aliphatic hydroxyl groups is 1. The Kier molecular flexibility index (Phi) is 4.00. The van der Waals surface area contributed by atoms with Crippen LogP contribution in [0, 0.1) is 20.8 Å². The lowest BCUT2D eigenvalue weighted by atomic mass is 9.94. The predicted octanol–water partition coefficient (Wildman–Crippen LogP) is 4.70. The molecule has 27 heavy (non-hydrogen) atoms. The third kappa shape index (κ3) is 2.78. The third-order valence-corrected chi connectivity index (χ3v) is 5.92. The molecular weight excluding hydrogens is 358 g/mol. The zero-order valence-corrected chi connectivity index (χ0v) is 16.1. The van der Waals surface area contributed by atoms with E-state index < -0.39 is 0 Å². The number of hydrogen-bond donors (Lipinski definition) is 3. The fraction of sp³-hybridized carbons (Fsp3) is 0.143. The van der Waals surface area contributed by atoms with Gasteiger partial charge in [0.05, 0.1) is 15.5 Å². The number of amides is 1. The van der Waals surface area contributed by atoms with Crippen LogP contribution in [0.1, 0.15) is 26.6 Å². The summed E-state index contributed by atoms with van der Waals surface area (Å²) in [5, 5.41) is 14.3. The molecule has 136 valence electrons. The number of benzene rings is 2. The number of fused-ring (bicyclic) bond motifs is 1. The summed E-state index contributed by atoms with van der Waals surface area (Å²) in [4.78, 5) is 17.2. The van der Waals surface area contributed by atoms with Crippen molar-refractivity contribution in [3.63, 3.8) is 0 Å². The van der Waals surface area contributed by atoms with E-state index in [9.17, 15) is 9.90 Å². The van der Waals surface area contributed by atoms with E-state index in [1.54, 1.807) is 6.20 Å². The number of aromatic nitrogens is 1. The van der Waals surface area contributed by atoms with Crippen LogP contribution in [0.3, 0.4) is 0 Å². The normalized spacial score (nSPS) is 14.9. The van der Waals surface area contributed by atoms with Crippen LogP contribution >= 0.6 is 11.3 Å². The van der Waals surface area contributed by atoms with Gasteiger partial charge in [0.25, 0.3) is 5.91 Å². The average molecular weight is 377 g/mol. The summed E-state index contributed by atoms with van der Waals surface area (Å²) in [5.41, 5.74) is 12.6. The summed E-state index contributed by atoms with van der Waals surface area (Å²) in [6, 6.07) is 9.65. The van der Waals surface area contributed by atoms with E-state index in [1.165, 1.54) is 11.3 Å². The van der Waals surface area contributed by atoms with Crippen LogP contribution in [0.25, 0.3) is 22.5 Å². The van der Waals surface area contributed by atoms with Crippen LogP contribution in [-0.4, -0.2) is 16.0 Å². The highest BCUT2D eigenvalue weighted by atomic mass is 32.1. The van der Waals surface area contributed by atoms with Gasteiger partial charge in [0.15, 0.2) is 0 Å². The molecule has 0 fully saturated rings. The molecule has 0 saturated carbocycles. The van der Waals surface area contributed by atoms with Crippen LogP contribution in [0.2, 0.25) is 0 Å². The number of anilines is 2. The van der Waals surface area contributed by atoms with E-state index >= 15 is 0 Å². The molecule has 0 radical (unpaired) electrons. The van der Waals surface area contributed by atoms with Crippen LogP contribution in [0.4, 0.5) is 11.4 Å². The summed E-state index contributed by atoms with van der Waals surface area (Å²) in [6.07, 6.45) is 1.59. The van der Waals surface area contributed by atoms with Crippen molar-refractivity contribution in [3.05, 3.63) is 63.1 Å². The molecule has 2 heterocycles. The maximum atomic E-state index is 12.5. The van der Waals surface area contributed by atoms with Crippen molar-refractivity contribution in [2.24, 2.45) is 0 Å². The molecule has 0 bridgehead atoms. The first-order chi connectivity index (χ1) is 12.9. The Bertz CT molecular complexity index is 1130. The number of aryl methyl sites for hydroxylation is 1. The molecule has 0 atom stereocenters. The van der Waals surface area contributed by atoms with Gasteiger partial charge < -0.3 is 16.2 Å². The minimum Gasteiger partial charge on any atom is -0.506 e. The molecule has 1 aromatic heterocycles. The molecule has 0 spiro atoms. The highest BCUT2D eigenvalue weighted by Gasteiger charge is 2.29. The molecule has 1 aliphatic heterocycles. The highest BCUT2D eigenvalue weighted by molar-refractivity contribution is 7.12. The molecule has 2 aromatic carbocycles. The highest BCUT2D eigenvalue weighted by Crippen LogP contribution is 2.40. The first kappa shape index (κ1) is 17.3. The molecule has 3 aromatic rings. The van der Waals surface area contributed by atoms with Crippen molar-refractivity contribution in [2.75, 3.05) is 11.1 Å². The van der Waals surface area contributed by atoms with Crippen molar-refractivity contribution < 1.29 is 9.90 Å². The summed E-state index contributed by atoms with van der Waals surface area (Å²) >= 11 is 1.35. The maximum absolute atomic E-state index is 12.5. The van der Waals surface area contributed by atoms with Crippen molar-refractivity contribution in [2.45, 2.75) is 20.8 Å². The van der Waals surface area contributed by atoms with E-state index in [2.05, 4.69) is 10.3 Å². The predicted molar refractivity (Wildman–Crippen MR) is 111 cm³/mol. The fourth-order valence-electron chi connectivity index (χ4n) is 3.32. The smallest absolute Gasteiger partial charge is 0.260 e. The van der Waals surface area contributed by atoms with E-state index in [4.69, 9.17) is 5.73 Å². The van der Waals surface area contributed by atoms with Crippen LogP contribution < -0.4 is 11.1 Å². The first-order valence-corrected chi connectivity index (χ1v) is 9.36. The summed E-state index contributed by atoms with van der Waals surface area (Å²) in [6.45, 7) is 5.90. The van der Waals surface area contributed by atoms with E-state index in [0.29, 0.717) is 16.1 Å². The van der Waals surface area contributed by atoms with Crippen molar-refractivity contribution in [1.29, 1.82) is 0 Å². The Balaban J connectivity index is 1.82. The molecule has 0 unspecified atom stereocenters. The minimum atomic E-state index is -0.309. The molecule has 0 saturated heterocycles. The van der Waals surface area contributed by atoms with Gasteiger partial charge in [0, 0.05) is 23.1 Å². The SMILES string of the molecule is Cc1ncc(C(O)=C2C(=O)Nc3cc(-c4ccc(N)c(C)c4C)ccc32)s1. The Hall–Kier alpha value is -3.12. The van der Waals surface area contributed by atoms with Crippen molar-refractivity contribution in [3.8, 4) is 11.1 Å². The van der Waals surface area contributed by atoms with Crippen molar-refractivity contribution >= 4 is 40.0 Å². The number of rotatable bonds is 2. The van der Waals surface area contributed by atoms with Crippen LogP contribution in [-0.2, 0) is 4.79 Å². The standard InChI is InChI=1S/C21H19N3O2S/c1-10-11(2)16(22)7-6-14(10)13-4-5-15-17(8-13)24-21(26)19(15)20(25)18-9-23-12(3)27-18/h4-9,25H,22H2,1-3H3,(H,24,26). The Labute approximate surface area is 161 Å². The molecule has 1 aliphatic rings. The maximum Gasteiger partial charge on any atom is 0.260 e. The van der Waals surface area contributed by atoms with Crippen molar-refractivity contribution in [1.82, 2.24) is 4.98 Å². The lowest BCUT2D eigenvalue weighted by molar-refractivity contribution is -0.110. The number of nitrogens with zero attached hydrogens (tertiary/aromatic N) is 1. The fourth-order valence-corrected chi connectivity index (χ4v) is 4.05. The van der Waals surface area contributed by atoms with Crippen LogP contribution in [0.5, 0.6) is 0 Å². The molecule has 1 amide bonds. The topological polar surface area (TPSA) is 88.2 Å².